The summed E-state index contributed by atoms with van der Waals surface area (Å²) in [7, 11) is 1.64. The van der Waals surface area contributed by atoms with Crippen LogP contribution in [-0.2, 0) is 4.79 Å². The lowest BCUT2D eigenvalue weighted by Crippen LogP contribution is -2.54. The first-order valence-electron chi connectivity index (χ1n) is 10.8. The van der Waals surface area contributed by atoms with E-state index < -0.39 is 0 Å². The maximum absolute atomic E-state index is 12.0. The first-order chi connectivity index (χ1) is 14.4. The van der Waals surface area contributed by atoms with Gasteiger partial charge in [0.15, 0.2) is 5.96 Å². The van der Waals surface area contributed by atoms with Crippen molar-refractivity contribution in [1.82, 2.24) is 20.4 Å². The minimum absolute atomic E-state index is 0.0632. The van der Waals surface area contributed by atoms with Crippen molar-refractivity contribution < 1.29 is 14.3 Å². The molecule has 1 unspecified atom stereocenters. The topological polar surface area (TPSA) is 78.4 Å². The van der Waals surface area contributed by atoms with E-state index in [1.807, 2.05) is 45.0 Å². The van der Waals surface area contributed by atoms with Crippen LogP contribution in [0.1, 0.15) is 27.7 Å². The fourth-order valence-electron chi connectivity index (χ4n) is 3.27. The van der Waals surface area contributed by atoms with E-state index in [0.717, 1.165) is 50.2 Å². The Bertz CT molecular complexity index is 687. The Hall–Kier alpha value is -2.48. The average Bonchev–Trinajstić information content (AvgIpc) is 2.71. The van der Waals surface area contributed by atoms with Crippen molar-refractivity contribution in [2.24, 2.45) is 4.99 Å². The van der Waals surface area contributed by atoms with Gasteiger partial charge in [0.1, 0.15) is 17.6 Å². The first-order valence-corrected chi connectivity index (χ1v) is 10.8. The Balaban J connectivity index is 1.85. The number of nitrogens with one attached hydrogen (secondary N) is 2. The molecule has 1 atom stereocenters. The third-order valence-electron chi connectivity index (χ3n) is 4.70. The molecule has 0 bridgehead atoms. The van der Waals surface area contributed by atoms with Gasteiger partial charge in [0, 0.05) is 44.8 Å². The third kappa shape index (κ3) is 8.10. The maximum atomic E-state index is 12.0. The van der Waals surface area contributed by atoms with Gasteiger partial charge >= 0.3 is 0 Å². The van der Waals surface area contributed by atoms with E-state index in [1.165, 1.54) is 0 Å². The van der Waals surface area contributed by atoms with Gasteiger partial charge in [-0.15, -0.1) is 0 Å². The molecular weight excluding hydrogens is 382 g/mol. The number of hydrogen-bond acceptors (Lipinski definition) is 5. The molecule has 168 valence electrons. The summed E-state index contributed by atoms with van der Waals surface area (Å²) in [6, 6.07) is 7.77. The molecule has 2 rings (SSSR count). The van der Waals surface area contributed by atoms with Crippen molar-refractivity contribution in [2.75, 3.05) is 52.9 Å². The van der Waals surface area contributed by atoms with Gasteiger partial charge in [-0.05, 0) is 39.8 Å². The van der Waals surface area contributed by atoms with E-state index in [2.05, 4.69) is 27.4 Å². The lowest BCUT2D eigenvalue weighted by atomic mass is 10.3. The summed E-state index contributed by atoms with van der Waals surface area (Å²) in [5.41, 5.74) is 0. The zero-order chi connectivity index (χ0) is 21.9. The van der Waals surface area contributed by atoms with Gasteiger partial charge in [-0.2, -0.15) is 0 Å². The number of hydrogen-bond donors (Lipinski definition) is 2. The third-order valence-corrected chi connectivity index (χ3v) is 4.70. The van der Waals surface area contributed by atoms with Crippen LogP contribution >= 0.6 is 0 Å². The van der Waals surface area contributed by atoms with Crippen LogP contribution in [0.4, 0.5) is 0 Å². The van der Waals surface area contributed by atoms with E-state index in [0.29, 0.717) is 13.1 Å². The van der Waals surface area contributed by atoms with Crippen LogP contribution in [0, 0.1) is 0 Å². The zero-order valence-corrected chi connectivity index (χ0v) is 19.0. The number of carbonyl (C=O) groups is 1. The number of piperazine rings is 1. The molecule has 1 aromatic rings. The van der Waals surface area contributed by atoms with Gasteiger partial charge in [0.25, 0.3) is 0 Å². The molecule has 8 heteroatoms. The highest BCUT2D eigenvalue weighted by Gasteiger charge is 2.21. The number of guanidine groups is 1. The van der Waals surface area contributed by atoms with E-state index in [9.17, 15) is 4.79 Å². The fourth-order valence-corrected chi connectivity index (χ4v) is 3.27. The van der Waals surface area contributed by atoms with E-state index in [-0.39, 0.29) is 18.1 Å². The Morgan fingerprint density at radius 3 is 2.50 bits per heavy atom. The predicted molar refractivity (Wildman–Crippen MR) is 120 cm³/mol. The Labute approximate surface area is 180 Å². The molecule has 1 amide bonds. The van der Waals surface area contributed by atoms with Gasteiger partial charge in [0.2, 0.25) is 5.91 Å². The number of rotatable bonds is 9. The minimum atomic E-state index is -0.0632. The maximum Gasteiger partial charge on any atom is 0.234 e. The first kappa shape index (κ1) is 23.8. The second-order valence-electron chi connectivity index (χ2n) is 7.79. The van der Waals surface area contributed by atoms with Crippen molar-refractivity contribution in [2.45, 2.75) is 39.8 Å². The summed E-state index contributed by atoms with van der Waals surface area (Å²) in [4.78, 5) is 21.2. The molecule has 1 fully saturated rings. The molecule has 0 aliphatic carbocycles. The van der Waals surface area contributed by atoms with Crippen LogP contribution in [0.15, 0.2) is 29.3 Å². The number of ether oxygens (including phenoxy) is 2. The monoisotopic (exact) mass is 419 g/mol. The Kier molecular flexibility index (Phi) is 9.73. The molecule has 0 spiro atoms. The van der Waals surface area contributed by atoms with E-state index in [4.69, 9.17) is 14.5 Å². The molecular formula is C22H37N5O3. The minimum Gasteiger partial charge on any atom is -0.497 e. The SMILES string of the molecule is CCNC(=NCC(C)Oc1cccc(OC)c1)N1CCN(CC(=O)NC(C)C)CC1. The molecule has 1 saturated heterocycles. The predicted octanol–water partition coefficient (Wildman–Crippen LogP) is 1.57. The smallest absolute Gasteiger partial charge is 0.234 e. The van der Waals surface area contributed by atoms with Crippen molar-refractivity contribution in [3.8, 4) is 11.5 Å². The van der Waals surface area contributed by atoms with Crippen LogP contribution in [0.3, 0.4) is 0 Å². The van der Waals surface area contributed by atoms with Crippen LogP contribution in [0.25, 0.3) is 0 Å². The normalized spacial score (nSPS) is 16.3. The number of aliphatic imine (C=N–C) groups is 1. The summed E-state index contributed by atoms with van der Waals surface area (Å²) in [6.07, 6.45) is -0.0632. The fraction of sp³-hybridized carbons (Fsp3) is 0.636. The van der Waals surface area contributed by atoms with Crippen molar-refractivity contribution in [3.05, 3.63) is 24.3 Å². The number of carbonyl (C=O) groups excluding carboxylic acids is 1. The highest BCUT2D eigenvalue weighted by Crippen LogP contribution is 2.20. The Morgan fingerprint density at radius 1 is 1.17 bits per heavy atom. The molecule has 30 heavy (non-hydrogen) atoms. The molecule has 1 aliphatic heterocycles. The second kappa shape index (κ2) is 12.3. The van der Waals surface area contributed by atoms with Gasteiger partial charge < -0.3 is 25.0 Å². The highest BCUT2D eigenvalue weighted by molar-refractivity contribution is 5.80. The second-order valence-corrected chi connectivity index (χ2v) is 7.79. The zero-order valence-electron chi connectivity index (χ0n) is 19.0. The lowest BCUT2D eigenvalue weighted by Gasteiger charge is -2.36. The van der Waals surface area contributed by atoms with Crippen LogP contribution in [-0.4, -0.2) is 86.7 Å². The quantitative estimate of drug-likeness (QED) is 0.467. The van der Waals surface area contributed by atoms with E-state index >= 15 is 0 Å². The molecule has 1 heterocycles. The average molecular weight is 420 g/mol. The number of benzene rings is 1. The summed E-state index contributed by atoms with van der Waals surface area (Å²) in [5.74, 6) is 2.53. The summed E-state index contributed by atoms with van der Waals surface area (Å²) in [6.45, 7) is 13.2. The van der Waals surface area contributed by atoms with Crippen LogP contribution < -0.4 is 20.1 Å². The van der Waals surface area contributed by atoms with Gasteiger partial charge in [-0.1, -0.05) is 6.07 Å². The number of methoxy groups -OCH3 is 1. The van der Waals surface area contributed by atoms with Crippen molar-refractivity contribution in [3.63, 3.8) is 0 Å². The van der Waals surface area contributed by atoms with Crippen LogP contribution in [0.2, 0.25) is 0 Å². The van der Waals surface area contributed by atoms with E-state index in [1.54, 1.807) is 7.11 Å². The standard InChI is InChI=1S/C22H37N5O3/c1-6-23-22(24-15-18(4)30-20-9-7-8-19(14-20)29-5)27-12-10-26(11-13-27)16-21(28)25-17(2)3/h7-9,14,17-18H,6,10-13,15-16H2,1-5H3,(H,23,24)(H,25,28). The summed E-state index contributed by atoms with van der Waals surface area (Å²) >= 11 is 0. The molecule has 8 nitrogen and oxygen atoms in total. The molecule has 0 saturated carbocycles. The number of amides is 1. The Morgan fingerprint density at radius 2 is 1.87 bits per heavy atom. The largest absolute Gasteiger partial charge is 0.497 e. The van der Waals surface area contributed by atoms with Gasteiger partial charge in [0.05, 0.1) is 20.2 Å². The van der Waals surface area contributed by atoms with Gasteiger partial charge in [-0.25, -0.2) is 4.99 Å². The summed E-state index contributed by atoms with van der Waals surface area (Å²) < 4.78 is 11.2. The molecule has 1 aromatic carbocycles. The molecule has 2 N–H and O–H groups in total. The molecule has 0 aromatic heterocycles. The highest BCUT2D eigenvalue weighted by atomic mass is 16.5. The summed E-state index contributed by atoms with van der Waals surface area (Å²) in [5, 5.41) is 6.33. The van der Waals surface area contributed by atoms with Crippen LogP contribution in [0.5, 0.6) is 11.5 Å². The lowest BCUT2D eigenvalue weighted by molar-refractivity contribution is -0.123. The van der Waals surface area contributed by atoms with Crippen molar-refractivity contribution in [1.29, 1.82) is 0 Å². The number of nitrogens with zero attached hydrogens (tertiary/aromatic N) is 3. The molecule has 1 aliphatic rings. The molecule has 0 radical (unpaired) electrons. The van der Waals surface area contributed by atoms with Gasteiger partial charge in [-0.3, -0.25) is 9.69 Å². The van der Waals surface area contributed by atoms with Crippen molar-refractivity contribution >= 4 is 11.9 Å².